The summed E-state index contributed by atoms with van der Waals surface area (Å²) < 4.78 is 39.2. The lowest BCUT2D eigenvalue weighted by Crippen LogP contribution is -2.16. The van der Waals surface area contributed by atoms with Crippen LogP contribution in [0, 0.1) is 23.7 Å². The minimum absolute atomic E-state index is 0.0114. The number of terminal acetylenes is 1. The maximum absolute atomic E-state index is 12.5. The summed E-state index contributed by atoms with van der Waals surface area (Å²) >= 11 is 11.8. The highest BCUT2D eigenvalue weighted by Crippen LogP contribution is 2.30. The maximum atomic E-state index is 12.5. The fourth-order valence-electron chi connectivity index (χ4n) is 2.27. The number of aryl methyl sites for hydroxylation is 1. The Morgan fingerprint density at radius 1 is 1.25 bits per heavy atom. The zero-order valence-electron chi connectivity index (χ0n) is 15.1. The van der Waals surface area contributed by atoms with E-state index >= 15 is 0 Å². The number of benzene rings is 1. The van der Waals surface area contributed by atoms with Crippen molar-refractivity contribution in [3.63, 3.8) is 0 Å². The molecule has 1 aromatic carbocycles. The number of aromatic nitrogens is 2. The predicted octanol–water partition coefficient (Wildman–Crippen LogP) is 6.50. The van der Waals surface area contributed by atoms with Crippen LogP contribution in [0.1, 0.15) is 25.6 Å². The standard InChI is InChI=1S/C12H11Cl2F3N2.C8H7N/c1-2-3-19-10-5-8(14)7(13)4-9(10)18-11(19)6-12(15,16)17;1-2-3-4-5-6-7-8-9/h4-5H,2-3,6H2,1H3;1,3-6H,7H2/b;4-3-,6-5-. The van der Waals surface area contributed by atoms with E-state index in [2.05, 4.69) is 10.9 Å². The third-order valence-electron chi connectivity index (χ3n) is 3.32. The van der Waals surface area contributed by atoms with E-state index in [1.54, 1.807) is 34.9 Å². The van der Waals surface area contributed by atoms with Crippen molar-refractivity contribution in [1.82, 2.24) is 9.55 Å². The van der Waals surface area contributed by atoms with Crippen LogP contribution in [-0.4, -0.2) is 15.7 Å². The van der Waals surface area contributed by atoms with E-state index in [9.17, 15) is 13.2 Å². The van der Waals surface area contributed by atoms with Crippen LogP contribution < -0.4 is 0 Å². The molecule has 148 valence electrons. The van der Waals surface area contributed by atoms with E-state index in [1.165, 1.54) is 6.07 Å². The van der Waals surface area contributed by atoms with Gasteiger partial charge in [-0.2, -0.15) is 18.4 Å². The van der Waals surface area contributed by atoms with Crippen molar-refractivity contribution in [1.29, 1.82) is 5.26 Å². The Morgan fingerprint density at radius 2 is 1.93 bits per heavy atom. The Balaban J connectivity index is 0.000000370. The second-order valence-corrected chi connectivity index (χ2v) is 6.36. The van der Waals surface area contributed by atoms with E-state index < -0.39 is 12.6 Å². The molecule has 2 rings (SSSR count). The van der Waals surface area contributed by atoms with Crippen molar-refractivity contribution in [2.45, 2.75) is 38.9 Å². The lowest BCUT2D eigenvalue weighted by molar-refractivity contribution is -0.128. The van der Waals surface area contributed by atoms with Crippen molar-refractivity contribution in [3.05, 3.63) is 52.3 Å². The first-order valence-electron chi connectivity index (χ1n) is 8.29. The van der Waals surface area contributed by atoms with Crippen LogP contribution in [0.4, 0.5) is 13.2 Å². The number of fused-ring (bicyclic) bond motifs is 1. The smallest absolute Gasteiger partial charge is 0.328 e. The van der Waals surface area contributed by atoms with Crippen LogP contribution in [0.15, 0.2) is 36.4 Å². The first-order chi connectivity index (χ1) is 13.2. The first-order valence-corrected chi connectivity index (χ1v) is 9.04. The van der Waals surface area contributed by atoms with Gasteiger partial charge in [0.25, 0.3) is 0 Å². The molecule has 0 aliphatic rings. The highest BCUT2D eigenvalue weighted by Gasteiger charge is 2.31. The summed E-state index contributed by atoms with van der Waals surface area (Å²) in [6, 6.07) is 5.02. The summed E-state index contributed by atoms with van der Waals surface area (Å²) in [5.74, 6) is 2.32. The number of allylic oxidation sites excluding steroid dienone is 4. The second kappa shape index (κ2) is 11.4. The van der Waals surface area contributed by atoms with Crippen molar-refractivity contribution in [2.24, 2.45) is 0 Å². The van der Waals surface area contributed by atoms with E-state index in [0.717, 1.165) is 0 Å². The molecule has 0 aliphatic heterocycles. The van der Waals surface area contributed by atoms with Gasteiger partial charge in [-0.05, 0) is 24.6 Å². The Morgan fingerprint density at radius 3 is 2.50 bits per heavy atom. The molecule has 1 heterocycles. The van der Waals surface area contributed by atoms with Gasteiger partial charge in [-0.15, -0.1) is 6.42 Å². The minimum atomic E-state index is -4.29. The SMILES string of the molecule is C#C/C=C\C=C/CC#N.CCCn1c(CC(F)(F)F)nc2cc(Cl)c(Cl)cc21. The highest BCUT2D eigenvalue weighted by molar-refractivity contribution is 6.42. The molecule has 0 saturated carbocycles. The number of halogens is 5. The number of imidazole rings is 1. The lowest BCUT2D eigenvalue weighted by Gasteiger charge is -2.09. The quantitative estimate of drug-likeness (QED) is 0.403. The van der Waals surface area contributed by atoms with E-state index in [4.69, 9.17) is 34.9 Å². The molecule has 0 radical (unpaired) electrons. The summed E-state index contributed by atoms with van der Waals surface area (Å²) in [5.41, 5.74) is 1.01. The molecule has 0 aliphatic carbocycles. The van der Waals surface area contributed by atoms with Crippen LogP contribution in [0.25, 0.3) is 11.0 Å². The Labute approximate surface area is 172 Å². The van der Waals surface area contributed by atoms with Crippen LogP contribution in [0.2, 0.25) is 10.0 Å². The number of nitriles is 1. The number of hydrogen-bond donors (Lipinski definition) is 0. The van der Waals surface area contributed by atoms with Crippen molar-refractivity contribution >= 4 is 34.2 Å². The Kier molecular flexibility index (Phi) is 9.65. The van der Waals surface area contributed by atoms with Crippen LogP contribution in [-0.2, 0) is 13.0 Å². The fourth-order valence-corrected chi connectivity index (χ4v) is 2.58. The fraction of sp³-hybridized carbons (Fsp3) is 0.300. The third-order valence-corrected chi connectivity index (χ3v) is 4.05. The van der Waals surface area contributed by atoms with Crippen LogP contribution in [0.3, 0.4) is 0 Å². The Hall–Kier alpha value is -2.41. The summed E-state index contributed by atoms with van der Waals surface area (Å²) in [5, 5.41) is 8.65. The maximum Gasteiger partial charge on any atom is 0.396 e. The molecule has 2 aromatic rings. The summed E-state index contributed by atoms with van der Waals surface area (Å²) in [6.07, 6.45) is 7.50. The van der Waals surface area contributed by atoms with E-state index in [0.29, 0.717) is 35.4 Å². The van der Waals surface area contributed by atoms with Gasteiger partial charge in [-0.3, -0.25) is 0 Å². The van der Waals surface area contributed by atoms with Gasteiger partial charge in [-0.25, -0.2) is 4.98 Å². The van der Waals surface area contributed by atoms with E-state index in [-0.39, 0.29) is 10.8 Å². The largest absolute Gasteiger partial charge is 0.396 e. The van der Waals surface area contributed by atoms with E-state index in [1.807, 2.05) is 13.0 Å². The van der Waals surface area contributed by atoms with Gasteiger partial charge < -0.3 is 4.57 Å². The first kappa shape index (κ1) is 23.6. The normalized spacial score (nSPS) is 11.4. The molecule has 0 unspecified atom stereocenters. The second-order valence-electron chi connectivity index (χ2n) is 5.54. The van der Waals surface area contributed by atoms with Gasteiger partial charge in [0.2, 0.25) is 0 Å². The molecule has 28 heavy (non-hydrogen) atoms. The van der Waals surface area contributed by atoms with Crippen molar-refractivity contribution < 1.29 is 13.2 Å². The molecular weight excluding hydrogens is 410 g/mol. The number of hydrogen-bond acceptors (Lipinski definition) is 2. The molecule has 0 spiro atoms. The molecule has 0 amide bonds. The van der Waals surface area contributed by atoms with Crippen molar-refractivity contribution in [3.8, 4) is 18.4 Å². The molecule has 0 fully saturated rings. The van der Waals surface area contributed by atoms with Gasteiger partial charge >= 0.3 is 6.18 Å². The zero-order valence-corrected chi connectivity index (χ0v) is 16.6. The molecular formula is C20H18Cl2F3N3. The van der Waals surface area contributed by atoms with Crippen LogP contribution >= 0.6 is 23.2 Å². The average molecular weight is 428 g/mol. The average Bonchev–Trinajstić information content (AvgIpc) is 2.91. The molecule has 1 aromatic heterocycles. The molecule has 0 atom stereocenters. The molecule has 0 saturated heterocycles. The summed E-state index contributed by atoms with van der Waals surface area (Å²) in [6.45, 7) is 2.35. The molecule has 0 N–H and O–H groups in total. The summed E-state index contributed by atoms with van der Waals surface area (Å²) in [4.78, 5) is 4.02. The molecule has 8 heteroatoms. The lowest BCUT2D eigenvalue weighted by atomic mass is 10.3. The van der Waals surface area contributed by atoms with Gasteiger partial charge in [0.15, 0.2) is 0 Å². The van der Waals surface area contributed by atoms with Gasteiger partial charge in [0.1, 0.15) is 12.2 Å². The zero-order chi connectivity index (χ0) is 21.2. The Bertz CT molecular complexity index is 929. The van der Waals surface area contributed by atoms with Gasteiger partial charge in [0, 0.05) is 6.54 Å². The minimum Gasteiger partial charge on any atom is -0.328 e. The topological polar surface area (TPSA) is 41.6 Å². The summed E-state index contributed by atoms with van der Waals surface area (Å²) in [7, 11) is 0. The van der Waals surface area contributed by atoms with Gasteiger partial charge in [0.05, 0.1) is 33.6 Å². The predicted molar refractivity (Wildman–Crippen MR) is 107 cm³/mol. The number of alkyl halides is 3. The van der Waals surface area contributed by atoms with Crippen molar-refractivity contribution in [2.75, 3.05) is 0 Å². The number of nitrogens with zero attached hydrogens (tertiary/aromatic N) is 3. The monoisotopic (exact) mass is 427 g/mol. The molecule has 0 bridgehead atoms. The molecule has 3 nitrogen and oxygen atoms in total. The third kappa shape index (κ3) is 7.68. The van der Waals surface area contributed by atoms with Crippen LogP contribution in [0.5, 0.6) is 0 Å². The number of rotatable bonds is 5. The highest BCUT2D eigenvalue weighted by atomic mass is 35.5. The van der Waals surface area contributed by atoms with Gasteiger partial charge in [-0.1, -0.05) is 54.3 Å².